The molecule has 1 amide bonds. The van der Waals surface area contributed by atoms with Crippen LogP contribution < -0.4 is 19.6 Å². The predicted octanol–water partition coefficient (Wildman–Crippen LogP) is 3.79. The topological polar surface area (TPSA) is 69.2 Å². The summed E-state index contributed by atoms with van der Waals surface area (Å²) in [6.07, 6.45) is 6.75. The zero-order valence-electron chi connectivity index (χ0n) is 15.6. The van der Waals surface area contributed by atoms with Crippen molar-refractivity contribution < 1.29 is 19.0 Å². The van der Waals surface area contributed by atoms with E-state index in [9.17, 15) is 4.79 Å². The summed E-state index contributed by atoms with van der Waals surface area (Å²) in [7, 11) is 4.57. The van der Waals surface area contributed by atoms with E-state index in [0.29, 0.717) is 22.8 Å². The van der Waals surface area contributed by atoms with Gasteiger partial charge in [-0.1, -0.05) is 19.8 Å². The number of carbonyl (C=O) groups is 1. The molecule has 0 heterocycles. The standard InChI is InChI=1S/C19H28N2O4/c1-5-6-13-7-9-15(10-8-13)20-21-19(22)14-11-16(23-2)18(25-4)17(12-14)24-3/h11-13H,5-10H2,1-4H3,(H,21,22). The van der Waals surface area contributed by atoms with Crippen LogP contribution >= 0.6 is 0 Å². The molecule has 1 aromatic carbocycles. The molecule has 0 radical (unpaired) electrons. The number of methoxy groups -OCH3 is 3. The summed E-state index contributed by atoms with van der Waals surface area (Å²) in [6.45, 7) is 2.22. The Hall–Kier alpha value is -2.24. The summed E-state index contributed by atoms with van der Waals surface area (Å²) < 4.78 is 15.8. The summed E-state index contributed by atoms with van der Waals surface area (Å²) >= 11 is 0. The van der Waals surface area contributed by atoms with E-state index in [1.807, 2.05) is 0 Å². The molecule has 1 aliphatic rings. The van der Waals surface area contributed by atoms with Gasteiger partial charge in [-0.2, -0.15) is 5.10 Å². The van der Waals surface area contributed by atoms with E-state index in [1.165, 1.54) is 34.2 Å². The molecular formula is C19H28N2O4. The molecule has 0 spiro atoms. The number of hydrazone groups is 1. The zero-order valence-corrected chi connectivity index (χ0v) is 15.6. The van der Waals surface area contributed by atoms with Crippen LogP contribution in [0.15, 0.2) is 17.2 Å². The third-order valence-electron chi connectivity index (χ3n) is 4.62. The second-order valence-corrected chi connectivity index (χ2v) is 6.27. The average Bonchev–Trinajstić information content (AvgIpc) is 2.66. The molecule has 0 unspecified atom stereocenters. The molecule has 0 aliphatic heterocycles. The second kappa shape index (κ2) is 9.30. The molecule has 0 atom stereocenters. The molecule has 1 fully saturated rings. The summed E-state index contributed by atoms with van der Waals surface area (Å²) in [5.41, 5.74) is 4.13. The highest BCUT2D eigenvalue weighted by Gasteiger charge is 2.19. The van der Waals surface area contributed by atoms with E-state index in [0.717, 1.165) is 37.3 Å². The summed E-state index contributed by atoms with van der Waals surface area (Å²) in [5, 5.41) is 4.31. The zero-order chi connectivity index (χ0) is 18.2. The first-order valence-electron chi connectivity index (χ1n) is 8.78. The average molecular weight is 348 g/mol. The van der Waals surface area contributed by atoms with Gasteiger partial charge < -0.3 is 14.2 Å². The van der Waals surface area contributed by atoms with Gasteiger partial charge in [0.1, 0.15) is 0 Å². The number of hydrogen-bond donors (Lipinski definition) is 1. The van der Waals surface area contributed by atoms with Crippen LogP contribution in [0, 0.1) is 5.92 Å². The fourth-order valence-corrected chi connectivity index (χ4v) is 3.23. The maximum Gasteiger partial charge on any atom is 0.271 e. The van der Waals surface area contributed by atoms with Crippen LogP contribution in [0.2, 0.25) is 0 Å². The largest absolute Gasteiger partial charge is 0.493 e. The van der Waals surface area contributed by atoms with Crippen LogP contribution in [0.5, 0.6) is 17.2 Å². The monoisotopic (exact) mass is 348 g/mol. The van der Waals surface area contributed by atoms with Crippen molar-refractivity contribution in [3.8, 4) is 17.2 Å². The lowest BCUT2D eigenvalue weighted by Crippen LogP contribution is -2.22. The van der Waals surface area contributed by atoms with Gasteiger partial charge in [0.05, 0.1) is 21.3 Å². The fourth-order valence-electron chi connectivity index (χ4n) is 3.23. The Morgan fingerprint density at radius 2 is 1.72 bits per heavy atom. The first-order chi connectivity index (χ1) is 12.1. The van der Waals surface area contributed by atoms with Crippen LogP contribution in [-0.4, -0.2) is 32.9 Å². The van der Waals surface area contributed by atoms with Gasteiger partial charge in [-0.25, -0.2) is 5.43 Å². The molecule has 1 aromatic rings. The van der Waals surface area contributed by atoms with Gasteiger partial charge >= 0.3 is 0 Å². The minimum absolute atomic E-state index is 0.289. The van der Waals surface area contributed by atoms with Gasteiger partial charge in [0, 0.05) is 11.3 Å². The first kappa shape index (κ1) is 19.1. The molecule has 1 aliphatic carbocycles. The predicted molar refractivity (Wildman–Crippen MR) is 97.9 cm³/mol. The number of carbonyl (C=O) groups excluding carboxylic acids is 1. The molecule has 1 N–H and O–H groups in total. The van der Waals surface area contributed by atoms with Crippen molar-refractivity contribution in [2.24, 2.45) is 11.0 Å². The molecule has 6 heteroatoms. The van der Waals surface area contributed by atoms with Gasteiger partial charge in [0.15, 0.2) is 11.5 Å². The number of nitrogens with one attached hydrogen (secondary N) is 1. The van der Waals surface area contributed by atoms with Crippen LogP contribution in [-0.2, 0) is 0 Å². The van der Waals surface area contributed by atoms with Crippen molar-refractivity contribution in [1.82, 2.24) is 5.43 Å². The highest BCUT2D eigenvalue weighted by atomic mass is 16.5. The van der Waals surface area contributed by atoms with Gasteiger partial charge in [0.2, 0.25) is 5.75 Å². The van der Waals surface area contributed by atoms with E-state index in [4.69, 9.17) is 14.2 Å². The SMILES string of the molecule is CCCC1CCC(=NNC(=O)c2cc(OC)c(OC)c(OC)c2)CC1. The Bertz CT molecular complexity index is 593. The highest BCUT2D eigenvalue weighted by molar-refractivity contribution is 5.96. The Labute approximate surface area is 149 Å². The van der Waals surface area contributed by atoms with Crippen LogP contribution in [0.1, 0.15) is 55.8 Å². The molecule has 0 bridgehead atoms. The molecule has 0 saturated heterocycles. The Kier molecular flexibility index (Phi) is 7.10. The molecule has 25 heavy (non-hydrogen) atoms. The second-order valence-electron chi connectivity index (χ2n) is 6.27. The van der Waals surface area contributed by atoms with Crippen molar-refractivity contribution in [1.29, 1.82) is 0 Å². The Balaban J connectivity index is 2.05. The number of benzene rings is 1. The van der Waals surface area contributed by atoms with E-state index < -0.39 is 0 Å². The van der Waals surface area contributed by atoms with Gasteiger partial charge in [-0.15, -0.1) is 0 Å². The van der Waals surface area contributed by atoms with Crippen molar-refractivity contribution in [3.05, 3.63) is 17.7 Å². The molecule has 138 valence electrons. The lowest BCUT2D eigenvalue weighted by molar-refractivity contribution is 0.0953. The molecular weight excluding hydrogens is 320 g/mol. The van der Waals surface area contributed by atoms with Crippen molar-refractivity contribution in [2.45, 2.75) is 45.4 Å². The number of ether oxygens (including phenoxy) is 3. The molecule has 1 saturated carbocycles. The first-order valence-corrected chi connectivity index (χ1v) is 8.78. The van der Waals surface area contributed by atoms with E-state index >= 15 is 0 Å². The molecule has 2 rings (SSSR count). The van der Waals surface area contributed by atoms with Crippen molar-refractivity contribution in [3.63, 3.8) is 0 Å². The lowest BCUT2D eigenvalue weighted by Gasteiger charge is -2.22. The smallest absolute Gasteiger partial charge is 0.271 e. The maximum atomic E-state index is 12.4. The quantitative estimate of drug-likeness (QED) is 0.761. The normalized spacial score (nSPS) is 17.0. The Morgan fingerprint density at radius 1 is 1.12 bits per heavy atom. The van der Waals surface area contributed by atoms with Crippen molar-refractivity contribution in [2.75, 3.05) is 21.3 Å². The highest BCUT2D eigenvalue weighted by Crippen LogP contribution is 2.38. The fraction of sp³-hybridized carbons (Fsp3) is 0.579. The van der Waals surface area contributed by atoms with Crippen LogP contribution in [0.4, 0.5) is 0 Å². The summed E-state index contributed by atoms with van der Waals surface area (Å²) in [5.74, 6) is 1.86. The van der Waals surface area contributed by atoms with E-state index in [2.05, 4.69) is 17.5 Å². The third-order valence-corrected chi connectivity index (χ3v) is 4.62. The third kappa shape index (κ3) is 4.87. The van der Waals surface area contributed by atoms with Gasteiger partial charge in [-0.3, -0.25) is 4.79 Å². The minimum atomic E-state index is -0.289. The number of nitrogens with zero attached hydrogens (tertiary/aromatic N) is 1. The summed E-state index contributed by atoms with van der Waals surface area (Å²) in [6, 6.07) is 3.24. The minimum Gasteiger partial charge on any atom is -0.493 e. The van der Waals surface area contributed by atoms with Gasteiger partial charge in [0.25, 0.3) is 5.91 Å². The maximum absolute atomic E-state index is 12.4. The van der Waals surface area contributed by atoms with Crippen molar-refractivity contribution >= 4 is 11.6 Å². The lowest BCUT2D eigenvalue weighted by atomic mass is 9.85. The summed E-state index contributed by atoms with van der Waals surface area (Å²) in [4.78, 5) is 12.4. The van der Waals surface area contributed by atoms with E-state index in [-0.39, 0.29) is 5.91 Å². The van der Waals surface area contributed by atoms with E-state index in [1.54, 1.807) is 12.1 Å². The number of rotatable bonds is 7. The van der Waals surface area contributed by atoms with Gasteiger partial charge in [-0.05, 0) is 43.7 Å². The van der Waals surface area contributed by atoms with Crippen LogP contribution in [0.25, 0.3) is 0 Å². The number of amides is 1. The molecule has 6 nitrogen and oxygen atoms in total. The number of hydrogen-bond acceptors (Lipinski definition) is 5. The van der Waals surface area contributed by atoms with Crippen LogP contribution in [0.3, 0.4) is 0 Å². The Morgan fingerprint density at radius 3 is 2.20 bits per heavy atom. The molecule has 0 aromatic heterocycles.